The summed E-state index contributed by atoms with van der Waals surface area (Å²) >= 11 is 0. The first-order chi connectivity index (χ1) is 14.2. The zero-order valence-corrected chi connectivity index (χ0v) is 15.2. The summed E-state index contributed by atoms with van der Waals surface area (Å²) in [7, 11) is 0. The fraction of sp³-hybridized carbons (Fsp3) is 0.100. The van der Waals surface area contributed by atoms with E-state index in [0.29, 0.717) is 13.1 Å². The van der Waals surface area contributed by atoms with Crippen molar-refractivity contribution >= 4 is 16.7 Å². The molecular formula is C20H15N7O2. The highest BCUT2D eigenvalue weighted by Crippen LogP contribution is 2.32. The Kier molecular flexibility index (Phi) is 3.98. The molecule has 1 aliphatic heterocycles. The van der Waals surface area contributed by atoms with E-state index in [0.717, 1.165) is 11.1 Å². The van der Waals surface area contributed by atoms with Crippen molar-refractivity contribution in [1.29, 1.82) is 0 Å². The number of benzene rings is 3. The predicted octanol–water partition coefficient (Wildman–Crippen LogP) is 2.92. The minimum atomic E-state index is -0.384. The molecule has 1 N–H and O–H groups in total. The van der Waals surface area contributed by atoms with Crippen LogP contribution in [0.4, 0.5) is 5.69 Å². The average molecular weight is 385 g/mol. The molecule has 2 aliphatic rings. The normalized spacial score (nSPS) is 11.3. The minimum Gasteiger partial charge on any atom is -0.285 e. The van der Waals surface area contributed by atoms with Crippen molar-refractivity contribution in [2.24, 2.45) is 5.18 Å². The van der Waals surface area contributed by atoms with Gasteiger partial charge in [0.05, 0.1) is 13.1 Å². The van der Waals surface area contributed by atoms with Crippen molar-refractivity contribution in [2.75, 3.05) is 0 Å². The van der Waals surface area contributed by atoms with Gasteiger partial charge in [0.1, 0.15) is 11.2 Å². The van der Waals surface area contributed by atoms with Crippen LogP contribution in [0.2, 0.25) is 0 Å². The molecule has 3 aromatic rings. The average Bonchev–Trinajstić information content (AvgIpc) is 3.35. The summed E-state index contributed by atoms with van der Waals surface area (Å²) < 4.78 is 0. The van der Waals surface area contributed by atoms with Crippen LogP contribution in [-0.4, -0.2) is 30.0 Å². The maximum absolute atomic E-state index is 12.9. The van der Waals surface area contributed by atoms with Gasteiger partial charge in [-0.3, -0.25) is 9.89 Å². The van der Waals surface area contributed by atoms with Crippen molar-refractivity contribution in [1.82, 2.24) is 30.0 Å². The molecule has 1 aromatic heterocycles. The van der Waals surface area contributed by atoms with Gasteiger partial charge in [-0.15, -0.1) is 10.0 Å². The van der Waals surface area contributed by atoms with E-state index in [1.165, 1.54) is 9.59 Å². The number of nitrogens with one attached hydrogen (secondary N) is 1. The molecule has 2 heterocycles. The summed E-state index contributed by atoms with van der Waals surface area (Å²) in [6.07, 6.45) is 0. The monoisotopic (exact) mass is 385 g/mol. The number of aromatic amines is 1. The van der Waals surface area contributed by atoms with Gasteiger partial charge >= 0.3 is 0 Å². The lowest BCUT2D eigenvalue weighted by Crippen LogP contribution is -2.08. The maximum atomic E-state index is 12.9. The molecule has 0 unspecified atom stereocenters. The van der Waals surface area contributed by atoms with Gasteiger partial charge in [0, 0.05) is 0 Å². The number of fused-ring (bicyclic) bond motifs is 2. The third-order valence-corrected chi connectivity index (χ3v) is 4.68. The third-order valence-electron chi connectivity index (χ3n) is 4.68. The molecule has 0 amide bonds. The molecule has 9 heteroatoms. The largest absolute Gasteiger partial charge is 0.285 e. The highest BCUT2D eigenvalue weighted by Gasteiger charge is 2.26. The van der Waals surface area contributed by atoms with Crippen molar-refractivity contribution in [2.45, 2.75) is 13.1 Å². The molecule has 29 heavy (non-hydrogen) atoms. The van der Waals surface area contributed by atoms with Gasteiger partial charge in [-0.05, 0) is 16.3 Å². The number of nitrogens with zero attached hydrogens (tertiary/aromatic N) is 6. The number of nitroso groups, excluding NO2 is 1. The van der Waals surface area contributed by atoms with Gasteiger partial charge in [0.15, 0.2) is 16.9 Å². The molecule has 0 saturated heterocycles. The van der Waals surface area contributed by atoms with E-state index in [1.54, 1.807) is 0 Å². The molecular weight excluding hydrogens is 370 g/mol. The Balaban J connectivity index is 1.62. The Bertz CT molecular complexity index is 1300. The van der Waals surface area contributed by atoms with Crippen LogP contribution in [0.25, 0.3) is 22.4 Å². The van der Waals surface area contributed by atoms with Crippen LogP contribution in [0.15, 0.2) is 70.6 Å². The second kappa shape index (κ2) is 6.79. The first kappa shape index (κ1) is 17.0. The van der Waals surface area contributed by atoms with E-state index >= 15 is 0 Å². The van der Waals surface area contributed by atoms with Gasteiger partial charge in [0.2, 0.25) is 5.43 Å². The molecule has 0 spiro atoms. The number of hydrogen-bond donors (Lipinski definition) is 1. The molecule has 5 rings (SSSR count). The Morgan fingerprint density at radius 3 is 2.10 bits per heavy atom. The van der Waals surface area contributed by atoms with E-state index in [2.05, 4.69) is 25.6 Å². The topological polar surface area (TPSA) is 111 Å². The van der Waals surface area contributed by atoms with Crippen molar-refractivity contribution in [3.63, 3.8) is 0 Å². The Morgan fingerprint density at radius 1 is 0.828 bits per heavy atom. The van der Waals surface area contributed by atoms with Gasteiger partial charge in [-0.1, -0.05) is 60.7 Å². The molecule has 0 radical (unpaired) electrons. The predicted molar refractivity (Wildman–Crippen MR) is 107 cm³/mol. The van der Waals surface area contributed by atoms with E-state index < -0.39 is 0 Å². The maximum Gasteiger partial charge on any atom is 0.238 e. The second-order valence-electron chi connectivity index (χ2n) is 6.66. The second-order valence-corrected chi connectivity index (χ2v) is 6.66. The quantitative estimate of drug-likeness (QED) is 0.468. The van der Waals surface area contributed by atoms with Gasteiger partial charge in [0.25, 0.3) is 0 Å². The zero-order chi connectivity index (χ0) is 19.8. The highest BCUT2D eigenvalue weighted by atomic mass is 16.3. The van der Waals surface area contributed by atoms with E-state index in [4.69, 9.17) is 0 Å². The van der Waals surface area contributed by atoms with Crippen LogP contribution in [0.3, 0.4) is 0 Å². The van der Waals surface area contributed by atoms with Crippen LogP contribution < -0.4 is 5.43 Å². The van der Waals surface area contributed by atoms with Gasteiger partial charge < -0.3 is 0 Å². The summed E-state index contributed by atoms with van der Waals surface area (Å²) in [5.41, 5.74) is 2.27. The summed E-state index contributed by atoms with van der Waals surface area (Å²) in [5.74, 6) is 0. The number of rotatable bonds is 5. The molecule has 0 fully saturated rings. The third kappa shape index (κ3) is 2.98. The summed E-state index contributed by atoms with van der Waals surface area (Å²) in [5, 5.41) is 19.1. The summed E-state index contributed by atoms with van der Waals surface area (Å²) in [4.78, 5) is 27.4. The van der Waals surface area contributed by atoms with Crippen LogP contribution in [0.5, 0.6) is 0 Å². The Morgan fingerprint density at radius 2 is 1.45 bits per heavy atom. The first-order valence-corrected chi connectivity index (χ1v) is 9.02. The molecule has 0 saturated carbocycles. The van der Waals surface area contributed by atoms with Crippen molar-refractivity contribution in [3.8, 4) is 11.4 Å². The Labute approximate surface area is 163 Å². The van der Waals surface area contributed by atoms with Crippen LogP contribution >= 0.6 is 0 Å². The van der Waals surface area contributed by atoms with Crippen LogP contribution in [0.1, 0.15) is 11.1 Å². The van der Waals surface area contributed by atoms with Gasteiger partial charge in [-0.2, -0.15) is 15.0 Å². The number of H-pyrrole nitrogens is 1. The summed E-state index contributed by atoms with van der Waals surface area (Å²) in [6.45, 7) is 0.801. The molecule has 142 valence electrons. The Hall–Kier alpha value is -4.14. The van der Waals surface area contributed by atoms with Crippen molar-refractivity contribution < 1.29 is 0 Å². The van der Waals surface area contributed by atoms with E-state index in [-0.39, 0.29) is 33.5 Å². The van der Waals surface area contributed by atoms with E-state index in [1.807, 2.05) is 60.7 Å². The molecule has 9 nitrogen and oxygen atoms in total. The zero-order valence-electron chi connectivity index (χ0n) is 15.2. The van der Waals surface area contributed by atoms with Gasteiger partial charge in [-0.25, -0.2) is 4.80 Å². The lowest BCUT2D eigenvalue weighted by atomic mass is 10.1. The fourth-order valence-corrected chi connectivity index (χ4v) is 3.33. The standard InChI is InChI=1S/C20H15N7O2/c28-20-18-15(21-26(23-18)11-13-7-3-1-4-8-13)17(25-29)16-19(20)24-27(22-16)12-14-9-5-2-6-10-14/h1-10,21H,11-12H2. The summed E-state index contributed by atoms with van der Waals surface area (Å²) in [6, 6.07) is 19.3. The lowest BCUT2D eigenvalue weighted by molar-refractivity contribution is 0.596. The number of hydrogen-bond acceptors (Lipinski definition) is 6. The minimum absolute atomic E-state index is 0.0354. The molecule has 0 bridgehead atoms. The van der Waals surface area contributed by atoms with Crippen molar-refractivity contribution in [3.05, 3.63) is 86.9 Å². The van der Waals surface area contributed by atoms with Crippen LogP contribution in [0, 0.1) is 4.91 Å². The smallest absolute Gasteiger partial charge is 0.238 e. The highest BCUT2D eigenvalue weighted by molar-refractivity contribution is 5.95. The SMILES string of the molecule is O=Nc1c2[nH]n(Cc3ccccc3)nc-2c(=O)c2nn(Cc3ccccc3)nc12. The molecule has 0 atom stereocenters. The fourth-order valence-electron chi connectivity index (χ4n) is 3.33. The number of aromatic nitrogens is 6. The first-order valence-electron chi connectivity index (χ1n) is 9.02. The lowest BCUT2D eigenvalue weighted by Gasteiger charge is -2.00. The van der Waals surface area contributed by atoms with Crippen LogP contribution in [-0.2, 0) is 13.1 Å². The molecule has 2 aromatic carbocycles. The van der Waals surface area contributed by atoms with E-state index in [9.17, 15) is 9.70 Å². The molecule has 1 aliphatic carbocycles.